The van der Waals surface area contributed by atoms with E-state index in [4.69, 9.17) is 15.7 Å². The summed E-state index contributed by atoms with van der Waals surface area (Å²) in [6.07, 6.45) is 1.28. The molecule has 1 aliphatic rings. The lowest BCUT2D eigenvalue weighted by Crippen LogP contribution is -2.06. The molecule has 1 aliphatic heterocycles. The second-order valence-corrected chi connectivity index (χ2v) is 4.80. The Bertz CT molecular complexity index is 689. The number of halogens is 1. The van der Waals surface area contributed by atoms with E-state index in [2.05, 4.69) is 16.3 Å². The van der Waals surface area contributed by atoms with Crippen LogP contribution in [0.4, 0.5) is 10.2 Å². The molecule has 1 aromatic carbocycles. The largest absolute Gasteiger partial charge is 0.493 e. The van der Waals surface area contributed by atoms with Crippen LogP contribution in [0.2, 0.25) is 0 Å². The fourth-order valence-electron chi connectivity index (χ4n) is 2.54. The van der Waals surface area contributed by atoms with Crippen molar-refractivity contribution in [3.05, 3.63) is 40.8 Å². The van der Waals surface area contributed by atoms with Crippen LogP contribution in [0, 0.1) is 17.1 Å². The number of aromatic nitrogens is 2. The van der Waals surface area contributed by atoms with Gasteiger partial charge >= 0.3 is 0 Å². The summed E-state index contributed by atoms with van der Waals surface area (Å²) in [4.78, 5) is 0. The molecule has 1 aromatic heterocycles. The van der Waals surface area contributed by atoms with Crippen LogP contribution in [0.15, 0.2) is 18.2 Å². The lowest BCUT2D eigenvalue weighted by Gasteiger charge is -2.11. The van der Waals surface area contributed by atoms with Crippen molar-refractivity contribution >= 4 is 5.82 Å². The molecule has 3 rings (SSSR count). The summed E-state index contributed by atoms with van der Waals surface area (Å²) < 4.78 is 19.0. The van der Waals surface area contributed by atoms with Crippen molar-refractivity contribution < 1.29 is 9.13 Å². The number of nitrogen functional groups attached to an aromatic ring is 1. The van der Waals surface area contributed by atoms with Crippen LogP contribution in [0.3, 0.4) is 0 Å². The van der Waals surface area contributed by atoms with Crippen LogP contribution in [-0.4, -0.2) is 16.8 Å². The fraction of sp³-hybridized carbons (Fsp3) is 0.286. The number of nitrogens with zero attached hydrogens (tertiary/aromatic N) is 2. The number of nitriles is 1. The van der Waals surface area contributed by atoms with Crippen molar-refractivity contribution in [2.45, 2.75) is 18.8 Å². The molecule has 2 heterocycles. The minimum absolute atomic E-state index is 0.0127. The molecule has 0 radical (unpaired) electrons. The van der Waals surface area contributed by atoms with E-state index in [-0.39, 0.29) is 17.6 Å². The zero-order valence-electron chi connectivity index (χ0n) is 10.7. The Kier molecular flexibility index (Phi) is 3.03. The number of nitrogens with one attached hydrogen (secondary N) is 1. The first-order valence-corrected chi connectivity index (χ1v) is 6.34. The molecule has 5 nitrogen and oxygen atoms in total. The van der Waals surface area contributed by atoms with Crippen LogP contribution >= 0.6 is 0 Å². The van der Waals surface area contributed by atoms with E-state index >= 15 is 0 Å². The predicted molar refractivity (Wildman–Crippen MR) is 70.7 cm³/mol. The van der Waals surface area contributed by atoms with Gasteiger partial charge in [-0.3, -0.25) is 5.10 Å². The first-order chi connectivity index (χ1) is 9.69. The highest BCUT2D eigenvalue weighted by Gasteiger charge is 2.25. The minimum Gasteiger partial charge on any atom is -0.493 e. The number of ether oxygens (including phenoxy) is 1. The lowest BCUT2D eigenvalue weighted by atomic mass is 9.92. The number of hydrogen-bond donors (Lipinski definition) is 2. The van der Waals surface area contributed by atoms with Crippen molar-refractivity contribution in [2.24, 2.45) is 0 Å². The van der Waals surface area contributed by atoms with Crippen LogP contribution in [0.25, 0.3) is 0 Å². The summed E-state index contributed by atoms with van der Waals surface area (Å²) in [7, 11) is 0. The zero-order chi connectivity index (χ0) is 14.1. The fourth-order valence-corrected chi connectivity index (χ4v) is 2.54. The van der Waals surface area contributed by atoms with Crippen molar-refractivity contribution in [2.75, 3.05) is 12.3 Å². The van der Waals surface area contributed by atoms with Gasteiger partial charge in [0.05, 0.1) is 12.3 Å². The molecule has 0 bridgehead atoms. The van der Waals surface area contributed by atoms with E-state index < -0.39 is 0 Å². The van der Waals surface area contributed by atoms with E-state index in [1.54, 1.807) is 6.07 Å². The Morgan fingerprint density at radius 1 is 1.50 bits per heavy atom. The third kappa shape index (κ3) is 2.07. The quantitative estimate of drug-likeness (QED) is 0.832. The number of anilines is 1. The number of aromatic amines is 1. The van der Waals surface area contributed by atoms with Gasteiger partial charge < -0.3 is 10.5 Å². The van der Waals surface area contributed by atoms with Gasteiger partial charge in [-0.05, 0) is 36.6 Å². The number of H-pyrrole nitrogens is 1. The second kappa shape index (κ2) is 4.85. The van der Waals surface area contributed by atoms with Crippen LogP contribution in [-0.2, 0) is 6.42 Å². The number of rotatable bonds is 1. The highest BCUT2D eigenvalue weighted by molar-refractivity contribution is 5.52. The third-order valence-electron chi connectivity index (χ3n) is 3.53. The summed E-state index contributed by atoms with van der Waals surface area (Å²) in [5.74, 6) is 0.652. The molecule has 102 valence electrons. The number of hydrogen-bond acceptors (Lipinski definition) is 4. The highest BCUT2D eigenvalue weighted by Crippen LogP contribution is 2.34. The van der Waals surface area contributed by atoms with Gasteiger partial charge in [0.15, 0.2) is 0 Å². The molecule has 0 amide bonds. The maximum Gasteiger partial charge on any atom is 0.137 e. The van der Waals surface area contributed by atoms with E-state index in [0.717, 1.165) is 5.56 Å². The average Bonchev–Trinajstić information content (AvgIpc) is 2.67. The molecule has 0 saturated carbocycles. The van der Waals surface area contributed by atoms with Crippen molar-refractivity contribution in [1.82, 2.24) is 10.2 Å². The Morgan fingerprint density at radius 2 is 2.35 bits per heavy atom. The molecule has 0 aliphatic carbocycles. The molecule has 1 atom stereocenters. The smallest absolute Gasteiger partial charge is 0.137 e. The Labute approximate surface area is 115 Å². The van der Waals surface area contributed by atoms with Crippen LogP contribution in [0.5, 0.6) is 5.75 Å². The van der Waals surface area contributed by atoms with Crippen molar-refractivity contribution in [3.63, 3.8) is 0 Å². The van der Waals surface area contributed by atoms with Crippen LogP contribution < -0.4 is 10.5 Å². The summed E-state index contributed by atoms with van der Waals surface area (Å²) in [5, 5.41) is 15.9. The van der Waals surface area contributed by atoms with Gasteiger partial charge in [0, 0.05) is 5.92 Å². The van der Waals surface area contributed by atoms with Gasteiger partial charge in [-0.15, -0.1) is 0 Å². The molecular formula is C14H13FN4O. The van der Waals surface area contributed by atoms with E-state index in [1.165, 1.54) is 12.1 Å². The predicted octanol–water partition coefficient (Wildman–Crippen LogP) is 2.11. The first-order valence-electron chi connectivity index (χ1n) is 6.34. The molecule has 2 aromatic rings. The topological polar surface area (TPSA) is 87.7 Å². The maximum atomic E-state index is 13.4. The van der Waals surface area contributed by atoms with Gasteiger partial charge in [0.1, 0.15) is 29.0 Å². The molecule has 6 heteroatoms. The molecule has 0 saturated heterocycles. The van der Waals surface area contributed by atoms with Gasteiger partial charge in [0.2, 0.25) is 0 Å². The van der Waals surface area contributed by atoms with Gasteiger partial charge in [-0.2, -0.15) is 10.4 Å². The highest BCUT2D eigenvalue weighted by atomic mass is 19.1. The minimum atomic E-state index is -0.296. The van der Waals surface area contributed by atoms with Gasteiger partial charge in [-0.25, -0.2) is 4.39 Å². The number of benzene rings is 1. The van der Waals surface area contributed by atoms with Gasteiger partial charge in [0.25, 0.3) is 0 Å². The summed E-state index contributed by atoms with van der Waals surface area (Å²) in [5.41, 5.74) is 7.47. The van der Waals surface area contributed by atoms with Gasteiger partial charge in [-0.1, -0.05) is 0 Å². The summed E-state index contributed by atoms with van der Waals surface area (Å²) in [6.45, 7) is 0.501. The molecule has 0 spiro atoms. The average molecular weight is 272 g/mol. The monoisotopic (exact) mass is 272 g/mol. The van der Waals surface area contributed by atoms with Crippen molar-refractivity contribution in [1.29, 1.82) is 5.26 Å². The second-order valence-electron chi connectivity index (χ2n) is 4.80. The number of nitrogens with two attached hydrogens (primary N) is 1. The summed E-state index contributed by atoms with van der Waals surface area (Å²) in [6, 6.07) is 6.55. The third-order valence-corrected chi connectivity index (χ3v) is 3.53. The number of fused-ring (bicyclic) bond motifs is 1. The lowest BCUT2D eigenvalue weighted by molar-refractivity contribution is 0.309. The Morgan fingerprint density at radius 3 is 3.15 bits per heavy atom. The maximum absolute atomic E-state index is 13.4. The Hall–Kier alpha value is -2.55. The van der Waals surface area contributed by atoms with E-state index in [0.29, 0.717) is 36.5 Å². The molecule has 1 unspecified atom stereocenters. The molecule has 20 heavy (non-hydrogen) atoms. The van der Waals surface area contributed by atoms with E-state index in [9.17, 15) is 4.39 Å². The molecule has 3 N–H and O–H groups in total. The first kappa shape index (κ1) is 12.5. The van der Waals surface area contributed by atoms with Crippen LogP contribution in [0.1, 0.15) is 29.2 Å². The molecule has 0 fully saturated rings. The standard InChI is InChI=1S/C14H13FN4O/c15-10-1-2-12-9(6-10)5-8(3-4-20-12)13-11(7-16)14(17)19-18-13/h1-2,6,8H,3-5H2,(H3,17,18,19). The zero-order valence-corrected chi connectivity index (χ0v) is 10.7. The van der Waals surface area contributed by atoms with E-state index in [1.807, 2.05) is 0 Å². The SMILES string of the molecule is N#Cc1c(C2CCOc3ccc(F)cc3C2)n[nH]c1N. The normalized spacial score (nSPS) is 17.7. The molecular weight excluding hydrogens is 259 g/mol. The summed E-state index contributed by atoms with van der Waals surface area (Å²) >= 11 is 0. The van der Waals surface area contributed by atoms with Crippen molar-refractivity contribution in [3.8, 4) is 11.8 Å². The Balaban J connectivity index is 1.98.